The Morgan fingerprint density at radius 1 is 0.183 bits per heavy atom. The van der Waals surface area contributed by atoms with Crippen LogP contribution in [0, 0.1) is 0 Å². The summed E-state index contributed by atoms with van der Waals surface area (Å²) in [5.74, 6) is 2.08. The average molecular weight is 1390 g/mol. The van der Waals surface area contributed by atoms with Crippen LogP contribution in [0.3, 0.4) is 0 Å². The molecule has 0 spiro atoms. The monoisotopic (exact) mass is 1390 g/mol. The quantitative estimate of drug-likeness (QED) is 0.0790. The summed E-state index contributed by atoms with van der Waals surface area (Å²) in [4.78, 5) is 37.8. The lowest BCUT2D eigenvalue weighted by atomic mass is 9.91. The van der Waals surface area contributed by atoms with Gasteiger partial charge in [-0.3, -0.25) is 4.57 Å². The van der Waals surface area contributed by atoms with Gasteiger partial charge in [-0.1, -0.05) is 315 Å². The Kier molecular flexibility index (Phi) is 16.1. The zero-order chi connectivity index (χ0) is 72.1. The highest BCUT2D eigenvalue weighted by Gasteiger charge is 2.22. The van der Waals surface area contributed by atoms with Crippen LogP contribution in [-0.2, 0) is 0 Å². The van der Waals surface area contributed by atoms with Crippen molar-refractivity contribution in [3.8, 4) is 152 Å². The van der Waals surface area contributed by atoms with E-state index in [9.17, 15) is 0 Å². The molecule has 0 atom stereocenters. The van der Waals surface area contributed by atoms with Crippen LogP contribution in [-0.4, -0.2) is 39.5 Å². The molecule has 0 radical (unpaired) electrons. The van der Waals surface area contributed by atoms with Gasteiger partial charge in [0.25, 0.3) is 0 Å². The largest absolute Gasteiger partial charge is 0.292 e. The molecule has 0 aliphatic heterocycles. The van der Waals surface area contributed by atoms with Gasteiger partial charge in [-0.25, -0.2) is 34.9 Å². The molecule has 0 amide bonds. The third kappa shape index (κ3) is 12.2. The number of fused-ring (bicyclic) bond motifs is 7. The van der Waals surface area contributed by atoms with Crippen molar-refractivity contribution in [1.29, 1.82) is 0 Å². The first-order valence-electron chi connectivity index (χ1n) is 36.7. The van der Waals surface area contributed by atoms with E-state index in [1.807, 2.05) is 66.7 Å². The second kappa shape index (κ2) is 27.4. The van der Waals surface area contributed by atoms with E-state index in [-0.39, 0.29) is 0 Å². The third-order valence-electron chi connectivity index (χ3n) is 20.8. The van der Waals surface area contributed by atoms with Gasteiger partial charge in [0.1, 0.15) is 5.82 Å². The first-order chi connectivity index (χ1) is 54.0. The summed E-state index contributed by atoms with van der Waals surface area (Å²) in [6.07, 6.45) is 0. The molecule has 0 saturated carbocycles. The maximum Gasteiger partial charge on any atom is 0.160 e. The van der Waals surface area contributed by atoms with Crippen LogP contribution in [0.25, 0.3) is 206 Å². The molecule has 20 rings (SSSR count). The average Bonchev–Trinajstić information content (AvgIpc) is 0.953. The fourth-order valence-electron chi connectivity index (χ4n) is 15.3. The highest BCUT2D eigenvalue weighted by Crippen LogP contribution is 2.44. The molecule has 0 aliphatic rings. The van der Waals surface area contributed by atoms with E-state index in [1.54, 1.807) is 0 Å². The molecule has 5 aromatic heterocycles. The van der Waals surface area contributed by atoms with E-state index in [4.69, 9.17) is 34.9 Å². The van der Waals surface area contributed by atoms with Gasteiger partial charge in [0, 0.05) is 82.9 Å². The van der Waals surface area contributed by atoms with E-state index in [1.165, 1.54) is 16.3 Å². The Hall–Kier alpha value is -14.7. The van der Waals surface area contributed by atoms with Gasteiger partial charge in [0.05, 0.1) is 56.2 Å². The van der Waals surface area contributed by atoms with Crippen LogP contribution in [0.15, 0.2) is 388 Å². The summed E-state index contributed by atoms with van der Waals surface area (Å²) in [5, 5.41) is 6.93. The first-order valence-corrected chi connectivity index (χ1v) is 36.7. The number of nitrogens with zero attached hydrogens (tertiary/aromatic N) is 8. The summed E-state index contributed by atoms with van der Waals surface area (Å²) in [6.45, 7) is 0. The third-order valence-corrected chi connectivity index (χ3v) is 20.8. The van der Waals surface area contributed by atoms with Crippen molar-refractivity contribution in [3.05, 3.63) is 388 Å². The number of rotatable bonds is 14. The zero-order valence-electron chi connectivity index (χ0n) is 59.0. The smallest absolute Gasteiger partial charge is 0.160 e. The molecule has 0 bridgehead atoms. The standard InChI is InChI=1S/C101H64N8/c1-7-26-69(27-8-1)88-61-80(62-89(102-88)70-28-9-2-10-29-70)79-57-81(92-63-90(71-30-11-3-12-31-71)103-99(105-92)73-32-13-4-14-33-73)59-82(58-79)93-64-91(104-100(106-93)74-34-15-5-16-35-74)78-37-23-36-76(56-78)77-52-55-95-94(60-77)107-101(109(95)83-38-17-6-18-39-83)75-48-44-66(45-49-75)65-42-46-72(47-43-65)96-86-53-50-67-24-19-21-40-84(67)97(86)108-98-85-41-22-20-25-68(85)51-54-87(96)98/h1-64H. The van der Waals surface area contributed by atoms with Gasteiger partial charge in [0.15, 0.2) is 11.6 Å². The number of benzene rings is 15. The summed E-state index contributed by atoms with van der Waals surface area (Å²) in [7, 11) is 0. The summed E-state index contributed by atoms with van der Waals surface area (Å²) in [5.41, 5.74) is 26.9. The summed E-state index contributed by atoms with van der Waals surface area (Å²) >= 11 is 0. The molecule has 0 unspecified atom stereocenters. The minimum Gasteiger partial charge on any atom is -0.292 e. The molecule has 109 heavy (non-hydrogen) atoms. The Bertz CT molecular complexity index is 6500. The number of para-hydroxylation sites is 1. The Morgan fingerprint density at radius 2 is 0.550 bits per heavy atom. The highest BCUT2D eigenvalue weighted by molar-refractivity contribution is 6.21. The van der Waals surface area contributed by atoms with Gasteiger partial charge >= 0.3 is 0 Å². The maximum absolute atomic E-state index is 5.52. The molecular weight excluding hydrogens is 1330 g/mol. The minimum atomic E-state index is 0.602. The normalized spacial score (nSPS) is 11.5. The molecule has 15 aromatic carbocycles. The first kappa shape index (κ1) is 63.9. The number of imidazole rings is 1. The molecule has 5 heterocycles. The molecule has 0 aliphatic carbocycles. The second-order valence-corrected chi connectivity index (χ2v) is 27.6. The lowest BCUT2D eigenvalue weighted by Crippen LogP contribution is -1.98. The fourth-order valence-corrected chi connectivity index (χ4v) is 15.3. The summed E-state index contributed by atoms with van der Waals surface area (Å²) in [6, 6.07) is 137. The van der Waals surface area contributed by atoms with Crippen molar-refractivity contribution in [2.24, 2.45) is 0 Å². The SMILES string of the molecule is c1ccc(-c2cc(-c3cc(-c4cc(-c5ccccc5)nc(-c5ccccc5)n4)cc(-c4cc(-c5cccc(-c6ccc7c(c6)nc(-c6ccc(-c8ccc(-c9c%10ccc%11ccccc%11c%10nc%10c9ccc9ccccc9%10)cc8)cc6)n7-c6ccccc6)c5)nc(-c5ccccc5)n4)c3)cc(-c3ccccc3)n2)cc1. The van der Waals surface area contributed by atoms with Gasteiger partial charge in [0.2, 0.25) is 0 Å². The van der Waals surface area contributed by atoms with Crippen LogP contribution >= 0.6 is 0 Å². The van der Waals surface area contributed by atoms with Crippen molar-refractivity contribution in [1.82, 2.24) is 39.5 Å². The van der Waals surface area contributed by atoms with Crippen LogP contribution in [0.1, 0.15) is 0 Å². The topological polar surface area (TPSA) is 95.2 Å². The molecule has 0 saturated heterocycles. The summed E-state index contributed by atoms with van der Waals surface area (Å²) < 4.78 is 2.28. The predicted octanol–water partition coefficient (Wildman–Crippen LogP) is 25.7. The Balaban J connectivity index is 0.681. The molecular formula is C101H64N8. The minimum absolute atomic E-state index is 0.602. The molecule has 8 heteroatoms. The van der Waals surface area contributed by atoms with E-state index >= 15 is 0 Å². The van der Waals surface area contributed by atoms with Crippen LogP contribution < -0.4 is 0 Å². The molecule has 0 fully saturated rings. The molecule has 0 N–H and O–H groups in total. The van der Waals surface area contributed by atoms with Crippen molar-refractivity contribution in [2.45, 2.75) is 0 Å². The predicted molar refractivity (Wildman–Crippen MR) is 449 cm³/mol. The molecule has 8 nitrogen and oxygen atoms in total. The number of pyridine rings is 2. The van der Waals surface area contributed by atoms with Gasteiger partial charge < -0.3 is 0 Å². The van der Waals surface area contributed by atoms with Crippen molar-refractivity contribution < 1.29 is 0 Å². The molecule has 20 aromatic rings. The van der Waals surface area contributed by atoms with Gasteiger partial charge in [-0.15, -0.1) is 0 Å². The van der Waals surface area contributed by atoms with Crippen LogP contribution in [0.5, 0.6) is 0 Å². The zero-order valence-corrected chi connectivity index (χ0v) is 59.0. The lowest BCUT2D eigenvalue weighted by molar-refractivity contribution is 1.10. The maximum atomic E-state index is 5.52. The Labute approximate surface area is 630 Å². The van der Waals surface area contributed by atoms with E-state index in [0.717, 1.165) is 178 Å². The van der Waals surface area contributed by atoms with Gasteiger partial charge in [-0.2, -0.15) is 0 Å². The van der Waals surface area contributed by atoms with E-state index in [0.29, 0.717) is 11.6 Å². The lowest BCUT2D eigenvalue weighted by Gasteiger charge is -2.15. The Morgan fingerprint density at radius 3 is 1.06 bits per heavy atom. The highest BCUT2D eigenvalue weighted by atomic mass is 15.1. The van der Waals surface area contributed by atoms with Crippen molar-refractivity contribution >= 4 is 54.4 Å². The number of hydrogen-bond acceptors (Lipinski definition) is 7. The van der Waals surface area contributed by atoms with Crippen molar-refractivity contribution in [3.63, 3.8) is 0 Å². The fraction of sp³-hybridized carbons (Fsp3) is 0. The second-order valence-electron chi connectivity index (χ2n) is 27.6. The van der Waals surface area contributed by atoms with Crippen molar-refractivity contribution in [2.75, 3.05) is 0 Å². The van der Waals surface area contributed by atoms with E-state index < -0.39 is 0 Å². The molecule has 508 valence electrons. The van der Waals surface area contributed by atoms with Crippen LogP contribution in [0.4, 0.5) is 0 Å². The van der Waals surface area contributed by atoms with Crippen LogP contribution in [0.2, 0.25) is 0 Å². The van der Waals surface area contributed by atoms with E-state index in [2.05, 4.69) is 326 Å². The number of aromatic nitrogens is 8. The number of hydrogen-bond donors (Lipinski definition) is 0. The van der Waals surface area contributed by atoms with Gasteiger partial charge in [-0.05, 0) is 123 Å².